The lowest BCUT2D eigenvalue weighted by Gasteiger charge is -2.13. The van der Waals surface area contributed by atoms with E-state index in [1.807, 2.05) is 12.1 Å². The van der Waals surface area contributed by atoms with Crippen molar-refractivity contribution in [1.29, 1.82) is 0 Å². The number of benzene rings is 2. The van der Waals surface area contributed by atoms with Crippen LogP contribution in [-0.2, 0) is 0 Å². The van der Waals surface area contributed by atoms with Gasteiger partial charge in [0.05, 0.1) is 18.4 Å². The molecule has 1 amide bonds. The predicted molar refractivity (Wildman–Crippen MR) is 132 cm³/mol. The normalized spacial score (nSPS) is 13.4. The highest BCUT2D eigenvalue weighted by molar-refractivity contribution is 6.02. The van der Waals surface area contributed by atoms with Gasteiger partial charge >= 0.3 is 0 Å². The zero-order valence-corrected chi connectivity index (χ0v) is 19.0. The first-order chi connectivity index (χ1) is 16.5. The molecule has 0 aliphatic heterocycles. The largest absolute Gasteiger partial charge is 0.398 e. The maximum absolute atomic E-state index is 14.6. The van der Waals surface area contributed by atoms with Gasteiger partial charge in [0.2, 0.25) is 11.9 Å². The van der Waals surface area contributed by atoms with Gasteiger partial charge in [-0.05, 0) is 42.7 Å². The number of amides is 1. The molecule has 0 saturated heterocycles. The SMILES string of the molecule is N.NC(=O)c1ccc(Nc2ncc(F)c(-c3cn(C4CCCC4)nn3)n2)cc1-c1ccccc1N. The summed E-state index contributed by atoms with van der Waals surface area (Å²) in [4.78, 5) is 20.4. The van der Waals surface area contributed by atoms with Crippen LogP contribution in [0, 0.1) is 5.82 Å². The van der Waals surface area contributed by atoms with E-state index >= 15 is 0 Å². The molecule has 0 spiro atoms. The number of halogens is 1. The zero-order valence-electron chi connectivity index (χ0n) is 19.0. The Kier molecular flexibility index (Phi) is 6.69. The van der Waals surface area contributed by atoms with E-state index in [-0.39, 0.29) is 23.8 Å². The monoisotopic (exact) mass is 475 g/mol. The number of aromatic nitrogens is 5. The summed E-state index contributed by atoms with van der Waals surface area (Å²) in [6, 6.07) is 12.5. The number of nitrogen functional groups attached to an aromatic ring is 1. The molecule has 11 heteroatoms. The summed E-state index contributed by atoms with van der Waals surface area (Å²) in [5, 5.41) is 11.4. The summed E-state index contributed by atoms with van der Waals surface area (Å²) in [6.07, 6.45) is 7.20. The Balaban J connectivity index is 0.00000289. The van der Waals surface area contributed by atoms with Crippen LogP contribution in [0.5, 0.6) is 0 Å². The second-order valence-electron chi connectivity index (χ2n) is 8.25. The second kappa shape index (κ2) is 9.85. The van der Waals surface area contributed by atoms with Gasteiger partial charge in [0.1, 0.15) is 11.4 Å². The van der Waals surface area contributed by atoms with Crippen LogP contribution >= 0.6 is 0 Å². The Bertz CT molecular complexity index is 1360. The molecule has 2 aromatic carbocycles. The van der Waals surface area contributed by atoms with Gasteiger partial charge in [-0.25, -0.2) is 19.0 Å². The average Bonchev–Trinajstić information content (AvgIpc) is 3.53. The van der Waals surface area contributed by atoms with Crippen molar-refractivity contribution in [2.75, 3.05) is 11.1 Å². The molecule has 1 aliphatic rings. The van der Waals surface area contributed by atoms with Crippen LogP contribution in [0.25, 0.3) is 22.5 Å². The summed E-state index contributed by atoms with van der Waals surface area (Å²) >= 11 is 0. The maximum Gasteiger partial charge on any atom is 0.249 e. The van der Waals surface area contributed by atoms with E-state index in [0.717, 1.165) is 31.9 Å². The number of nitrogens with zero attached hydrogens (tertiary/aromatic N) is 5. The molecule has 5 rings (SSSR count). The lowest BCUT2D eigenvalue weighted by Crippen LogP contribution is -2.13. The van der Waals surface area contributed by atoms with Crippen LogP contribution in [-0.4, -0.2) is 30.9 Å². The minimum Gasteiger partial charge on any atom is -0.398 e. The quantitative estimate of drug-likeness (QED) is 0.300. The summed E-state index contributed by atoms with van der Waals surface area (Å²) < 4.78 is 16.3. The molecule has 0 unspecified atom stereocenters. The predicted octanol–water partition coefficient (Wildman–Crippen LogP) is 4.24. The molecule has 4 aromatic rings. The van der Waals surface area contributed by atoms with Gasteiger partial charge in [-0.15, -0.1) is 5.10 Å². The Morgan fingerprint density at radius 1 is 1.11 bits per heavy atom. The van der Waals surface area contributed by atoms with Crippen molar-refractivity contribution in [3.8, 4) is 22.5 Å². The van der Waals surface area contributed by atoms with E-state index in [4.69, 9.17) is 11.5 Å². The highest BCUT2D eigenvalue weighted by atomic mass is 19.1. The number of nitrogens with one attached hydrogen (secondary N) is 1. The highest BCUT2D eigenvalue weighted by Crippen LogP contribution is 2.33. The van der Waals surface area contributed by atoms with Crippen molar-refractivity contribution in [2.24, 2.45) is 5.73 Å². The smallest absolute Gasteiger partial charge is 0.249 e. The van der Waals surface area contributed by atoms with E-state index in [9.17, 15) is 9.18 Å². The van der Waals surface area contributed by atoms with Crippen molar-refractivity contribution >= 4 is 23.2 Å². The molecule has 0 bridgehead atoms. The molecule has 2 aromatic heterocycles. The topological polar surface area (TPSA) is 173 Å². The van der Waals surface area contributed by atoms with Crippen LogP contribution in [0.3, 0.4) is 0 Å². The van der Waals surface area contributed by atoms with Gasteiger partial charge in [0.25, 0.3) is 0 Å². The van der Waals surface area contributed by atoms with Gasteiger partial charge in [0, 0.05) is 22.5 Å². The third-order valence-electron chi connectivity index (χ3n) is 5.99. The molecule has 1 aliphatic carbocycles. The zero-order chi connectivity index (χ0) is 23.7. The maximum atomic E-state index is 14.6. The van der Waals surface area contributed by atoms with Crippen LogP contribution < -0.4 is 22.9 Å². The first kappa shape index (κ1) is 23.8. The molecule has 180 valence electrons. The number of hydrogen-bond donors (Lipinski definition) is 4. The molecular weight excluding hydrogens is 449 g/mol. The molecule has 8 N–H and O–H groups in total. The Morgan fingerprint density at radius 3 is 2.63 bits per heavy atom. The lowest BCUT2D eigenvalue weighted by molar-refractivity contribution is 0.100. The number of hydrogen-bond acceptors (Lipinski definition) is 8. The molecule has 0 atom stereocenters. The van der Waals surface area contributed by atoms with Crippen LogP contribution in [0.15, 0.2) is 54.9 Å². The fourth-order valence-corrected chi connectivity index (χ4v) is 4.27. The fourth-order valence-electron chi connectivity index (χ4n) is 4.27. The summed E-state index contributed by atoms with van der Waals surface area (Å²) in [6.45, 7) is 0. The van der Waals surface area contributed by atoms with Crippen molar-refractivity contribution < 1.29 is 9.18 Å². The van der Waals surface area contributed by atoms with Crippen LogP contribution in [0.4, 0.5) is 21.7 Å². The molecule has 2 heterocycles. The molecule has 1 saturated carbocycles. The van der Waals surface area contributed by atoms with Gasteiger partial charge < -0.3 is 22.9 Å². The molecule has 35 heavy (non-hydrogen) atoms. The van der Waals surface area contributed by atoms with Crippen molar-refractivity contribution in [1.82, 2.24) is 31.1 Å². The van der Waals surface area contributed by atoms with Crippen molar-refractivity contribution in [3.05, 3.63) is 66.2 Å². The summed E-state index contributed by atoms with van der Waals surface area (Å²) in [5.74, 6) is -0.994. The number of nitrogens with two attached hydrogens (primary N) is 2. The van der Waals surface area contributed by atoms with Gasteiger partial charge in [-0.2, -0.15) is 0 Å². The number of para-hydroxylation sites is 1. The highest BCUT2D eigenvalue weighted by Gasteiger charge is 2.21. The molecule has 10 nitrogen and oxygen atoms in total. The first-order valence-electron chi connectivity index (χ1n) is 11.0. The summed E-state index contributed by atoms with van der Waals surface area (Å²) in [7, 11) is 0. The average molecular weight is 476 g/mol. The molecular formula is C24H26FN9O. The van der Waals surface area contributed by atoms with E-state index in [0.29, 0.717) is 33.8 Å². The van der Waals surface area contributed by atoms with Gasteiger partial charge in [-0.1, -0.05) is 36.3 Å². The van der Waals surface area contributed by atoms with Crippen LogP contribution in [0.2, 0.25) is 0 Å². The van der Waals surface area contributed by atoms with Gasteiger partial charge in [0.15, 0.2) is 5.82 Å². The van der Waals surface area contributed by atoms with E-state index in [2.05, 4.69) is 25.6 Å². The minimum absolute atomic E-state index is 0. The third-order valence-corrected chi connectivity index (χ3v) is 5.99. The second-order valence-corrected chi connectivity index (χ2v) is 8.25. The molecule has 0 radical (unpaired) electrons. The molecule has 1 fully saturated rings. The third kappa shape index (κ3) is 4.80. The van der Waals surface area contributed by atoms with E-state index in [1.165, 1.54) is 0 Å². The Morgan fingerprint density at radius 2 is 1.89 bits per heavy atom. The fraction of sp³-hybridized carbons (Fsp3) is 0.208. The Hall–Kier alpha value is -4.38. The Labute approximate surface area is 201 Å². The van der Waals surface area contributed by atoms with Crippen molar-refractivity contribution in [2.45, 2.75) is 31.7 Å². The summed E-state index contributed by atoms with van der Waals surface area (Å²) in [5.41, 5.74) is 14.7. The minimum atomic E-state index is -0.592. The number of rotatable bonds is 6. The number of carbonyl (C=O) groups excluding carboxylic acids is 1. The van der Waals surface area contributed by atoms with Crippen LogP contribution in [0.1, 0.15) is 42.1 Å². The van der Waals surface area contributed by atoms with E-state index < -0.39 is 11.7 Å². The van der Waals surface area contributed by atoms with Gasteiger partial charge in [-0.3, -0.25) is 4.79 Å². The standard InChI is InChI=1S/C24H23FN8O.H3N/c25-19-12-28-24(30-22(19)21-13-33(32-31-21)15-5-1-2-6-15)29-14-9-10-17(23(27)34)18(11-14)16-7-3-4-8-20(16)26;/h3-4,7-13,15H,1-2,5-6,26H2,(H2,27,34)(H,28,29,30);1H3. The first-order valence-corrected chi connectivity index (χ1v) is 11.0. The van der Waals surface area contributed by atoms with E-state index in [1.54, 1.807) is 41.2 Å². The number of anilines is 3. The van der Waals surface area contributed by atoms with Crippen molar-refractivity contribution in [3.63, 3.8) is 0 Å². The lowest BCUT2D eigenvalue weighted by atomic mass is 9.97. The number of carbonyl (C=O) groups is 1. The number of primary amides is 1.